The summed E-state index contributed by atoms with van der Waals surface area (Å²) in [6, 6.07) is 1.90. The van der Waals surface area contributed by atoms with Crippen molar-refractivity contribution in [1.82, 2.24) is 5.32 Å². The highest BCUT2D eigenvalue weighted by Crippen LogP contribution is 2.29. The molecule has 0 aliphatic heterocycles. The van der Waals surface area contributed by atoms with Crippen molar-refractivity contribution in [2.45, 2.75) is 57.5 Å². The van der Waals surface area contributed by atoms with Crippen LogP contribution in [0, 0.1) is 5.92 Å². The van der Waals surface area contributed by atoms with Gasteiger partial charge in [0.2, 0.25) is 5.91 Å². The van der Waals surface area contributed by atoms with Crippen LogP contribution in [0.25, 0.3) is 0 Å². The van der Waals surface area contributed by atoms with Crippen molar-refractivity contribution in [2.24, 2.45) is 5.92 Å². The SMILES string of the molecule is CC(O)(CNC(=O)CCCC1CCCC1)c1ccsc1. The summed E-state index contributed by atoms with van der Waals surface area (Å²) in [4.78, 5) is 11.8. The molecule has 1 aromatic heterocycles. The predicted molar refractivity (Wildman–Crippen MR) is 82.7 cm³/mol. The zero-order chi connectivity index (χ0) is 14.4. The van der Waals surface area contributed by atoms with Gasteiger partial charge in [0.15, 0.2) is 0 Å². The fourth-order valence-corrected chi connectivity index (χ4v) is 3.67. The third kappa shape index (κ3) is 4.60. The smallest absolute Gasteiger partial charge is 0.220 e. The molecule has 1 saturated carbocycles. The maximum Gasteiger partial charge on any atom is 0.220 e. The first-order valence-electron chi connectivity index (χ1n) is 7.60. The number of amides is 1. The van der Waals surface area contributed by atoms with E-state index >= 15 is 0 Å². The molecule has 1 atom stereocenters. The average molecular weight is 295 g/mol. The maximum atomic E-state index is 11.8. The summed E-state index contributed by atoms with van der Waals surface area (Å²) in [5.74, 6) is 0.898. The first-order valence-corrected chi connectivity index (χ1v) is 8.54. The van der Waals surface area contributed by atoms with E-state index in [1.54, 1.807) is 18.3 Å². The number of carbonyl (C=O) groups is 1. The molecule has 3 nitrogen and oxygen atoms in total. The zero-order valence-electron chi connectivity index (χ0n) is 12.2. The van der Waals surface area contributed by atoms with E-state index in [0.717, 1.165) is 17.9 Å². The molecule has 0 saturated heterocycles. The van der Waals surface area contributed by atoms with Gasteiger partial charge in [-0.3, -0.25) is 4.79 Å². The van der Waals surface area contributed by atoms with Gasteiger partial charge in [0, 0.05) is 6.42 Å². The minimum absolute atomic E-state index is 0.0542. The van der Waals surface area contributed by atoms with E-state index in [1.165, 1.54) is 32.1 Å². The van der Waals surface area contributed by atoms with Crippen molar-refractivity contribution in [1.29, 1.82) is 0 Å². The van der Waals surface area contributed by atoms with Crippen LogP contribution in [-0.2, 0) is 10.4 Å². The van der Waals surface area contributed by atoms with Crippen LogP contribution in [0.15, 0.2) is 16.8 Å². The Bertz CT molecular complexity index is 408. The van der Waals surface area contributed by atoms with E-state index in [-0.39, 0.29) is 12.5 Å². The Balaban J connectivity index is 1.64. The predicted octanol–water partition coefficient (Wildman–Crippen LogP) is 3.43. The van der Waals surface area contributed by atoms with Crippen LogP contribution in [0.3, 0.4) is 0 Å². The fourth-order valence-electron chi connectivity index (χ4n) is 2.88. The van der Waals surface area contributed by atoms with Gasteiger partial charge in [0.1, 0.15) is 5.60 Å². The normalized spacial score (nSPS) is 18.9. The molecular formula is C16H25NO2S. The largest absolute Gasteiger partial charge is 0.384 e. The number of hydrogen-bond acceptors (Lipinski definition) is 3. The highest BCUT2D eigenvalue weighted by atomic mass is 32.1. The summed E-state index contributed by atoms with van der Waals surface area (Å²) in [5, 5.41) is 17.0. The van der Waals surface area contributed by atoms with Gasteiger partial charge in [0.05, 0.1) is 6.54 Å². The lowest BCUT2D eigenvalue weighted by atomic mass is 9.98. The molecule has 1 amide bonds. The van der Waals surface area contributed by atoms with E-state index in [0.29, 0.717) is 6.42 Å². The first kappa shape index (κ1) is 15.5. The number of aliphatic hydroxyl groups is 1. The maximum absolute atomic E-state index is 11.8. The first-order chi connectivity index (χ1) is 9.58. The van der Waals surface area contributed by atoms with E-state index in [1.807, 2.05) is 16.8 Å². The highest BCUT2D eigenvalue weighted by Gasteiger charge is 2.24. The Labute approximate surface area is 125 Å². The lowest BCUT2D eigenvalue weighted by Crippen LogP contribution is -2.38. The minimum atomic E-state index is -0.971. The van der Waals surface area contributed by atoms with Gasteiger partial charge in [-0.05, 0) is 48.1 Å². The van der Waals surface area contributed by atoms with Gasteiger partial charge in [0.25, 0.3) is 0 Å². The van der Waals surface area contributed by atoms with Crippen LogP contribution in [-0.4, -0.2) is 17.6 Å². The molecule has 112 valence electrons. The van der Waals surface area contributed by atoms with Gasteiger partial charge in [-0.1, -0.05) is 25.7 Å². The molecule has 4 heteroatoms. The molecule has 1 aromatic rings. The molecule has 1 unspecified atom stereocenters. The zero-order valence-corrected chi connectivity index (χ0v) is 13.0. The Hall–Kier alpha value is -0.870. The third-order valence-electron chi connectivity index (χ3n) is 4.26. The van der Waals surface area contributed by atoms with Crippen molar-refractivity contribution in [2.75, 3.05) is 6.54 Å². The average Bonchev–Trinajstić information content (AvgIpc) is 3.09. The molecule has 0 bridgehead atoms. The van der Waals surface area contributed by atoms with Gasteiger partial charge in [-0.2, -0.15) is 11.3 Å². The molecule has 0 radical (unpaired) electrons. The monoisotopic (exact) mass is 295 g/mol. The second-order valence-corrected chi connectivity index (χ2v) is 6.89. The molecule has 1 aliphatic carbocycles. The number of thiophene rings is 1. The molecule has 0 spiro atoms. The molecular weight excluding hydrogens is 270 g/mol. The molecule has 1 heterocycles. The van der Waals surface area contributed by atoms with Crippen molar-refractivity contribution in [3.8, 4) is 0 Å². The van der Waals surface area contributed by atoms with Crippen LogP contribution in [0.4, 0.5) is 0 Å². The van der Waals surface area contributed by atoms with Gasteiger partial charge >= 0.3 is 0 Å². The Kier molecular flexibility index (Phi) is 5.61. The van der Waals surface area contributed by atoms with E-state index < -0.39 is 5.60 Å². The van der Waals surface area contributed by atoms with Gasteiger partial charge in [-0.25, -0.2) is 0 Å². The summed E-state index contributed by atoms with van der Waals surface area (Å²) in [6.07, 6.45) is 8.13. The van der Waals surface area contributed by atoms with Crippen molar-refractivity contribution >= 4 is 17.2 Å². The summed E-state index contributed by atoms with van der Waals surface area (Å²) >= 11 is 1.56. The van der Waals surface area contributed by atoms with Crippen molar-refractivity contribution in [3.63, 3.8) is 0 Å². The summed E-state index contributed by atoms with van der Waals surface area (Å²) in [6.45, 7) is 2.03. The molecule has 0 aromatic carbocycles. The fraction of sp³-hybridized carbons (Fsp3) is 0.688. The minimum Gasteiger partial charge on any atom is -0.384 e. The number of hydrogen-bond donors (Lipinski definition) is 2. The number of nitrogens with one attached hydrogen (secondary N) is 1. The quantitative estimate of drug-likeness (QED) is 0.809. The van der Waals surface area contributed by atoms with Gasteiger partial charge < -0.3 is 10.4 Å². The van der Waals surface area contributed by atoms with E-state index in [2.05, 4.69) is 5.32 Å². The topological polar surface area (TPSA) is 49.3 Å². The number of rotatable bonds is 7. The molecule has 20 heavy (non-hydrogen) atoms. The van der Waals surface area contributed by atoms with E-state index in [4.69, 9.17) is 0 Å². The standard InChI is InChI=1S/C16H25NO2S/c1-16(19,14-9-10-20-11-14)12-17-15(18)8-4-7-13-5-2-3-6-13/h9-11,13,19H,2-8,12H2,1H3,(H,17,18). The summed E-state index contributed by atoms with van der Waals surface area (Å²) in [5.41, 5.74) is -0.102. The Morgan fingerprint density at radius 3 is 2.90 bits per heavy atom. The van der Waals surface area contributed by atoms with Crippen LogP contribution in [0.5, 0.6) is 0 Å². The summed E-state index contributed by atoms with van der Waals surface area (Å²) < 4.78 is 0. The molecule has 1 fully saturated rings. The van der Waals surface area contributed by atoms with Crippen molar-refractivity contribution in [3.05, 3.63) is 22.4 Å². The van der Waals surface area contributed by atoms with E-state index in [9.17, 15) is 9.90 Å². The third-order valence-corrected chi connectivity index (χ3v) is 4.95. The van der Waals surface area contributed by atoms with Crippen LogP contribution in [0.1, 0.15) is 57.4 Å². The number of carbonyl (C=O) groups excluding carboxylic acids is 1. The van der Waals surface area contributed by atoms with Crippen LogP contribution >= 0.6 is 11.3 Å². The lowest BCUT2D eigenvalue weighted by Gasteiger charge is -2.22. The van der Waals surface area contributed by atoms with Gasteiger partial charge in [-0.15, -0.1) is 0 Å². The molecule has 2 rings (SSSR count). The lowest BCUT2D eigenvalue weighted by molar-refractivity contribution is -0.122. The molecule has 1 aliphatic rings. The second kappa shape index (κ2) is 7.23. The van der Waals surface area contributed by atoms with Crippen LogP contribution in [0.2, 0.25) is 0 Å². The second-order valence-electron chi connectivity index (χ2n) is 6.11. The Morgan fingerprint density at radius 1 is 1.50 bits per heavy atom. The molecule has 2 N–H and O–H groups in total. The van der Waals surface area contributed by atoms with Crippen LogP contribution < -0.4 is 5.32 Å². The van der Waals surface area contributed by atoms with Crippen molar-refractivity contribution < 1.29 is 9.90 Å². The highest BCUT2D eigenvalue weighted by molar-refractivity contribution is 7.08. The summed E-state index contributed by atoms with van der Waals surface area (Å²) in [7, 11) is 0. The Morgan fingerprint density at radius 2 is 2.25 bits per heavy atom.